The van der Waals surface area contributed by atoms with Crippen LogP contribution in [0.4, 0.5) is 17.1 Å². The number of nitrogens with zero attached hydrogens (tertiary/aromatic N) is 5. The summed E-state index contributed by atoms with van der Waals surface area (Å²) in [5.74, 6) is 2.42. The largest absolute Gasteiger partial charge is 0.457 e. The van der Waals surface area contributed by atoms with Gasteiger partial charge in [0.2, 0.25) is 0 Å². The number of rotatable bonds is 4. The first-order valence-electron chi connectivity index (χ1n) is 27.9. The third-order valence-electron chi connectivity index (χ3n) is 17.5. The molecule has 6 nitrogen and oxygen atoms in total. The number of benzene rings is 8. The van der Waals surface area contributed by atoms with Crippen LogP contribution >= 0.6 is 0 Å². The molecular formula is C72H69N5O. The maximum absolute atomic E-state index is 7.22. The lowest BCUT2D eigenvalue weighted by Gasteiger charge is -2.46. The van der Waals surface area contributed by atoms with Gasteiger partial charge in [0, 0.05) is 52.6 Å². The lowest BCUT2D eigenvalue weighted by atomic mass is 9.59. The molecule has 0 saturated heterocycles. The molecular weight excluding hydrogens is 951 g/mol. The van der Waals surface area contributed by atoms with E-state index in [0.717, 1.165) is 51.5 Å². The van der Waals surface area contributed by atoms with Gasteiger partial charge in [-0.15, -0.1) is 0 Å². The Morgan fingerprint density at radius 3 is 1.63 bits per heavy atom. The first-order valence-corrected chi connectivity index (χ1v) is 27.9. The third kappa shape index (κ3) is 6.83. The summed E-state index contributed by atoms with van der Waals surface area (Å²) in [7, 11) is 2.24. The first kappa shape index (κ1) is 48.3. The molecule has 3 aliphatic rings. The third-order valence-corrected chi connectivity index (χ3v) is 17.5. The molecule has 6 heteroatoms. The summed E-state index contributed by atoms with van der Waals surface area (Å²) >= 11 is 0. The smallest absolute Gasteiger partial charge is 0.137 e. The van der Waals surface area contributed by atoms with Gasteiger partial charge in [0.25, 0.3) is 0 Å². The van der Waals surface area contributed by atoms with Crippen LogP contribution in [-0.4, -0.2) is 27.8 Å². The van der Waals surface area contributed by atoms with E-state index >= 15 is 0 Å². The molecule has 0 unspecified atom stereocenters. The van der Waals surface area contributed by atoms with Gasteiger partial charge in [-0.3, -0.25) is 4.57 Å². The molecule has 0 bridgehead atoms. The van der Waals surface area contributed by atoms with Crippen LogP contribution in [0.15, 0.2) is 170 Å². The molecule has 0 N–H and O–H groups in total. The highest BCUT2D eigenvalue weighted by Gasteiger charge is 2.57. The Balaban J connectivity index is 0.993. The average Bonchev–Trinajstić information content (AvgIpc) is 2.47. The molecule has 8 aromatic carbocycles. The molecule has 1 aliphatic carbocycles. The van der Waals surface area contributed by atoms with Gasteiger partial charge in [0.1, 0.15) is 17.3 Å². The van der Waals surface area contributed by atoms with Crippen LogP contribution in [0.25, 0.3) is 66.2 Å². The van der Waals surface area contributed by atoms with Crippen LogP contribution in [0.5, 0.6) is 11.5 Å². The number of hydrogen-bond donors (Lipinski definition) is 0. The van der Waals surface area contributed by atoms with E-state index in [0.29, 0.717) is 0 Å². The second-order valence-electron chi connectivity index (χ2n) is 26.6. The van der Waals surface area contributed by atoms with E-state index in [2.05, 4.69) is 267 Å². The Morgan fingerprint density at radius 1 is 0.449 bits per heavy atom. The number of aromatic nitrogens is 3. The molecule has 2 aliphatic heterocycles. The molecule has 11 aromatic rings. The van der Waals surface area contributed by atoms with Crippen molar-refractivity contribution in [1.29, 1.82) is 0 Å². The molecule has 0 radical (unpaired) electrons. The van der Waals surface area contributed by atoms with E-state index in [1.165, 1.54) is 94.5 Å². The standard InChI is InChI=1S/C72H69N5O/c1-68(2,3)43-35-52-53-36-44(69(4,5)6)38-57(71(10,11)12)66(53)72(65(52)56(37-43)70(7,8)9)54-32-30-47(41-63(54)75-42-74(13)61-26-20-23-55(72)67(61)75)78-46-29-31-50-51-39-45(28-33-60(51)77(62(50)40-46)64-27-18-19-34-73-64)76-58-24-16-14-21-48(58)49-22-15-17-25-59(49)76/h14-41H,42H2,1-13H3. The van der Waals surface area contributed by atoms with Crippen molar-refractivity contribution in [3.63, 3.8) is 0 Å². The van der Waals surface area contributed by atoms with Crippen molar-refractivity contribution < 1.29 is 4.74 Å². The number of pyridine rings is 1. The summed E-state index contributed by atoms with van der Waals surface area (Å²) in [5.41, 5.74) is 22.0. The van der Waals surface area contributed by atoms with Crippen molar-refractivity contribution in [3.8, 4) is 34.1 Å². The van der Waals surface area contributed by atoms with Gasteiger partial charge in [-0.2, -0.15) is 0 Å². The normalized spacial score (nSPS) is 14.7. The van der Waals surface area contributed by atoms with E-state index < -0.39 is 5.41 Å². The van der Waals surface area contributed by atoms with E-state index in [9.17, 15) is 0 Å². The predicted molar refractivity (Wildman–Crippen MR) is 327 cm³/mol. The summed E-state index contributed by atoms with van der Waals surface area (Å²) in [6.07, 6.45) is 1.88. The quantitative estimate of drug-likeness (QED) is 0.176. The van der Waals surface area contributed by atoms with Gasteiger partial charge in [-0.1, -0.05) is 168 Å². The zero-order valence-corrected chi connectivity index (χ0v) is 47.5. The van der Waals surface area contributed by atoms with Gasteiger partial charge in [0.15, 0.2) is 0 Å². The van der Waals surface area contributed by atoms with Crippen LogP contribution in [0, 0.1) is 0 Å². The van der Waals surface area contributed by atoms with Crippen LogP contribution in [-0.2, 0) is 27.1 Å². The van der Waals surface area contributed by atoms with E-state index in [1.54, 1.807) is 0 Å². The topological polar surface area (TPSA) is 38.5 Å². The SMILES string of the molecule is CN1CN2c3cc(Oc4ccc5c6cc(-n7c8ccccc8c8ccccc87)ccc6n(-c6ccccn6)c5c4)ccc3C3(c4cccc1c42)c1c(cc(C(C)(C)C)cc1C(C)(C)C)-c1cc(C(C)(C)C)cc(C(C)(C)C)c13. The number of para-hydroxylation sites is 3. The van der Waals surface area contributed by atoms with Gasteiger partial charge < -0.3 is 19.1 Å². The number of ether oxygens (including phenoxy) is 1. The maximum atomic E-state index is 7.22. The Hall–Kier alpha value is -8.09. The summed E-state index contributed by atoms with van der Waals surface area (Å²) < 4.78 is 11.9. The van der Waals surface area contributed by atoms with E-state index in [-0.39, 0.29) is 21.7 Å². The van der Waals surface area contributed by atoms with Gasteiger partial charge in [-0.25, -0.2) is 4.98 Å². The molecule has 14 rings (SSSR count). The first-order chi connectivity index (χ1) is 37.1. The summed E-state index contributed by atoms with van der Waals surface area (Å²) in [4.78, 5) is 9.92. The minimum atomic E-state index is -0.635. The summed E-state index contributed by atoms with van der Waals surface area (Å²) in [6.45, 7) is 29.5. The fourth-order valence-electron chi connectivity index (χ4n) is 13.7. The lowest BCUT2D eigenvalue weighted by molar-refractivity contribution is 0.482. The summed E-state index contributed by atoms with van der Waals surface area (Å²) in [5, 5.41) is 4.78. The van der Waals surface area contributed by atoms with Gasteiger partial charge in [-0.05, 0) is 144 Å². The Kier molecular flexibility index (Phi) is 10.1. The van der Waals surface area contributed by atoms with Crippen molar-refractivity contribution in [2.45, 2.75) is 110 Å². The minimum absolute atomic E-state index is 0.0605. The molecule has 78 heavy (non-hydrogen) atoms. The number of anilines is 3. The highest BCUT2D eigenvalue weighted by Crippen LogP contribution is 2.68. The Bertz CT molecular complexity index is 4200. The van der Waals surface area contributed by atoms with Gasteiger partial charge in [0.05, 0.1) is 51.2 Å². The van der Waals surface area contributed by atoms with Crippen LogP contribution in [0.1, 0.15) is 128 Å². The van der Waals surface area contributed by atoms with Crippen LogP contribution < -0.4 is 14.5 Å². The Labute approximate surface area is 459 Å². The fourth-order valence-corrected chi connectivity index (χ4v) is 13.7. The Morgan fingerprint density at radius 2 is 1.03 bits per heavy atom. The monoisotopic (exact) mass is 1020 g/mol. The molecule has 1 spiro atoms. The maximum Gasteiger partial charge on any atom is 0.137 e. The van der Waals surface area contributed by atoms with Crippen LogP contribution in [0.2, 0.25) is 0 Å². The zero-order valence-electron chi connectivity index (χ0n) is 47.5. The second kappa shape index (κ2) is 16.2. The molecule has 3 aromatic heterocycles. The van der Waals surface area contributed by atoms with E-state index in [4.69, 9.17) is 9.72 Å². The van der Waals surface area contributed by atoms with Crippen molar-refractivity contribution in [1.82, 2.24) is 14.1 Å². The van der Waals surface area contributed by atoms with Crippen molar-refractivity contribution in [3.05, 3.63) is 214 Å². The van der Waals surface area contributed by atoms with Crippen molar-refractivity contribution in [2.75, 3.05) is 23.5 Å². The minimum Gasteiger partial charge on any atom is -0.457 e. The van der Waals surface area contributed by atoms with Crippen molar-refractivity contribution >= 4 is 60.7 Å². The van der Waals surface area contributed by atoms with Gasteiger partial charge >= 0.3 is 0 Å². The molecule has 0 amide bonds. The molecule has 388 valence electrons. The fraction of sp³-hybridized carbons (Fsp3) is 0.264. The summed E-state index contributed by atoms with van der Waals surface area (Å²) in [6, 6.07) is 61.4. The lowest BCUT2D eigenvalue weighted by Crippen LogP contribution is -2.40. The van der Waals surface area contributed by atoms with Crippen molar-refractivity contribution in [2.24, 2.45) is 0 Å². The molecule has 5 heterocycles. The zero-order chi connectivity index (χ0) is 54.2. The number of fused-ring (bicyclic) bond motifs is 15. The van der Waals surface area contributed by atoms with Crippen LogP contribution in [0.3, 0.4) is 0 Å². The molecule has 0 fully saturated rings. The average molecular weight is 1020 g/mol. The second-order valence-corrected chi connectivity index (χ2v) is 26.6. The van der Waals surface area contributed by atoms with E-state index in [1.807, 2.05) is 12.3 Å². The highest BCUT2D eigenvalue weighted by molar-refractivity contribution is 6.12. The highest BCUT2D eigenvalue weighted by atomic mass is 16.5. The molecule has 0 saturated carbocycles. The predicted octanol–water partition coefficient (Wildman–Crippen LogP) is 18.5. The number of hydrogen-bond acceptors (Lipinski definition) is 4. The molecule has 0 atom stereocenters.